The van der Waals surface area contributed by atoms with Crippen LogP contribution in [0, 0.1) is 0 Å². The first-order valence-corrected chi connectivity index (χ1v) is 12.7. The molecule has 1 N–H and O–H groups in total. The number of nitrogens with zero attached hydrogens (tertiary/aromatic N) is 2. The van der Waals surface area contributed by atoms with Crippen LogP contribution >= 0.6 is 34.7 Å². The summed E-state index contributed by atoms with van der Waals surface area (Å²) in [4.78, 5) is 16.7. The number of carbonyl (C=O) groups excluding carboxylic acids is 1. The third-order valence-corrected chi connectivity index (χ3v) is 7.02. The normalized spacial score (nSPS) is 11.1. The lowest BCUT2D eigenvalue weighted by Gasteiger charge is -2.14. The molecule has 0 fully saturated rings. The summed E-state index contributed by atoms with van der Waals surface area (Å²) in [6, 6.07) is 21.2. The minimum atomic E-state index is -0.223. The number of ether oxygens (including phenoxy) is 2. The minimum Gasteiger partial charge on any atom is -0.490 e. The highest BCUT2D eigenvalue weighted by Gasteiger charge is 2.13. The molecule has 0 unspecified atom stereocenters. The van der Waals surface area contributed by atoms with Gasteiger partial charge in [0.2, 0.25) is 0 Å². The first kappa shape index (κ1) is 24.1. The van der Waals surface area contributed by atoms with Crippen molar-refractivity contribution >= 4 is 57.0 Å². The van der Waals surface area contributed by atoms with Crippen LogP contribution in [0.1, 0.15) is 18.1 Å². The molecule has 0 atom stereocenters. The van der Waals surface area contributed by atoms with Gasteiger partial charge in [0, 0.05) is 0 Å². The lowest BCUT2D eigenvalue weighted by atomic mass is 10.2. The van der Waals surface area contributed by atoms with Crippen LogP contribution in [-0.2, 0) is 11.4 Å². The van der Waals surface area contributed by atoms with Gasteiger partial charge in [-0.2, -0.15) is 5.10 Å². The second kappa shape index (κ2) is 11.9. The van der Waals surface area contributed by atoms with Gasteiger partial charge in [-0.25, -0.2) is 10.4 Å². The quantitative estimate of drug-likeness (QED) is 0.156. The van der Waals surface area contributed by atoms with Crippen molar-refractivity contribution in [3.05, 3.63) is 82.9 Å². The van der Waals surface area contributed by atoms with Gasteiger partial charge < -0.3 is 9.47 Å². The van der Waals surface area contributed by atoms with Crippen molar-refractivity contribution < 1.29 is 14.3 Å². The fourth-order valence-corrected chi connectivity index (χ4v) is 5.18. The molecule has 0 spiro atoms. The molecule has 4 aromatic rings. The van der Waals surface area contributed by atoms with E-state index in [0.717, 1.165) is 20.1 Å². The highest BCUT2D eigenvalue weighted by molar-refractivity contribution is 8.01. The highest BCUT2D eigenvalue weighted by atomic mass is 35.5. The van der Waals surface area contributed by atoms with Crippen LogP contribution in [0.5, 0.6) is 11.5 Å². The summed E-state index contributed by atoms with van der Waals surface area (Å²) in [7, 11) is 0. The molecular weight excluding hydrogens is 490 g/mol. The average Bonchev–Trinajstić information content (AvgIpc) is 3.26. The number of hydrogen-bond acceptors (Lipinski definition) is 7. The second-order valence-electron chi connectivity index (χ2n) is 7.07. The van der Waals surface area contributed by atoms with Gasteiger partial charge in [-0.1, -0.05) is 65.8 Å². The van der Waals surface area contributed by atoms with Gasteiger partial charge in [0.05, 0.1) is 33.8 Å². The number of aromatic nitrogens is 1. The maximum atomic E-state index is 12.2. The van der Waals surface area contributed by atoms with Crippen molar-refractivity contribution in [2.24, 2.45) is 5.10 Å². The monoisotopic (exact) mass is 511 g/mol. The molecule has 0 aliphatic heterocycles. The molecule has 0 radical (unpaired) electrons. The fraction of sp³-hybridized carbons (Fsp3) is 0.160. The van der Waals surface area contributed by atoms with Gasteiger partial charge in [0.15, 0.2) is 15.8 Å². The molecule has 4 rings (SSSR count). The Bertz CT molecular complexity index is 1260. The molecule has 1 aromatic heterocycles. The second-order valence-corrected chi connectivity index (χ2v) is 9.73. The zero-order valence-corrected chi connectivity index (χ0v) is 20.8. The van der Waals surface area contributed by atoms with Crippen molar-refractivity contribution in [2.75, 3.05) is 12.4 Å². The van der Waals surface area contributed by atoms with E-state index in [2.05, 4.69) is 15.5 Å². The van der Waals surface area contributed by atoms with Crippen LogP contribution in [0.4, 0.5) is 0 Å². The summed E-state index contributed by atoms with van der Waals surface area (Å²) in [6.07, 6.45) is 1.52. The van der Waals surface area contributed by atoms with E-state index in [1.165, 1.54) is 18.0 Å². The van der Waals surface area contributed by atoms with Crippen LogP contribution in [0.25, 0.3) is 10.2 Å². The van der Waals surface area contributed by atoms with E-state index in [-0.39, 0.29) is 11.7 Å². The van der Waals surface area contributed by atoms with E-state index in [1.807, 2.05) is 61.5 Å². The predicted molar refractivity (Wildman–Crippen MR) is 139 cm³/mol. The van der Waals surface area contributed by atoms with Crippen LogP contribution in [0.2, 0.25) is 5.02 Å². The predicted octanol–water partition coefficient (Wildman–Crippen LogP) is 6.17. The number of amides is 1. The van der Waals surface area contributed by atoms with Gasteiger partial charge in [-0.15, -0.1) is 11.3 Å². The molecular formula is C25H22ClN3O3S2. The number of rotatable bonds is 10. The number of thioether (sulfide) groups is 1. The third kappa shape index (κ3) is 6.50. The van der Waals surface area contributed by atoms with Gasteiger partial charge in [-0.3, -0.25) is 4.79 Å². The number of hydrazone groups is 1. The van der Waals surface area contributed by atoms with E-state index in [9.17, 15) is 4.79 Å². The van der Waals surface area contributed by atoms with E-state index in [4.69, 9.17) is 21.1 Å². The van der Waals surface area contributed by atoms with Gasteiger partial charge in [0.1, 0.15) is 6.61 Å². The van der Waals surface area contributed by atoms with Crippen LogP contribution in [0.15, 0.2) is 76.2 Å². The molecule has 174 valence electrons. The van der Waals surface area contributed by atoms with Crippen LogP contribution in [0.3, 0.4) is 0 Å². The first-order valence-electron chi connectivity index (χ1n) is 10.6. The SMILES string of the molecule is CCOc1cc(/C=N\NC(=O)CSc2nc3ccccc3s2)cc(Cl)c1OCc1ccccc1. The molecule has 0 bridgehead atoms. The summed E-state index contributed by atoms with van der Waals surface area (Å²) in [5.41, 5.74) is 5.18. The lowest BCUT2D eigenvalue weighted by molar-refractivity contribution is -0.118. The maximum Gasteiger partial charge on any atom is 0.250 e. The number of benzene rings is 3. The van der Waals surface area contributed by atoms with E-state index < -0.39 is 0 Å². The zero-order valence-electron chi connectivity index (χ0n) is 18.4. The Labute approximate surface area is 211 Å². The molecule has 9 heteroatoms. The molecule has 1 heterocycles. The number of nitrogens with one attached hydrogen (secondary N) is 1. The Balaban J connectivity index is 1.35. The number of carbonyl (C=O) groups is 1. The largest absolute Gasteiger partial charge is 0.490 e. The van der Waals surface area contributed by atoms with E-state index in [1.54, 1.807) is 23.5 Å². The van der Waals surface area contributed by atoms with Crippen molar-refractivity contribution in [2.45, 2.75) is 17.9 Å². The third-order valence-electron chi connectivity index (χ3n) is 4.56. The number of thiazole rings is 1. The van der Waals surface area contributed by atoms with Crippen molar-refractivity contribution in [1.29, 1.82) is 0 Å². The number of fused-ring (bicyclic) bond motifs is 1. The fourth-order valence-electron chi connectivity index (χ4n) is 3.05. The Kier molecular flexibility index (Phi) is 8.41. The number of halogens is 1. The molecule has 0 saturated carbocycles. The molecule has 1 amide bonds. The first-order chi connectivity index (χ1) is 16.6. The van der Waals surface area contributed by atoms with Crippen LogP contribution in [-0.4, -0.2) is 29.5 Å². The molecule has 3 aromatic carbocycles. The zero-order chi connectivity index (χ0) is 23.8. The van der Waals surface area contributed by atoms with Gasteiger partial charge in [-0.05, 0) is 42.3 Å². The summed E-state index contributed by atoms with van der Waals surface area (Å²) in [5.74, 6) is 0.985. The Hall–Kier alpha value is -3.07. The summed E-state index contributed by atoms with van der Waals surface area (Å²) < 4.78 is 13.6. The smallest absolute Gasteiger partial charge is 0.250 e. The Morgan fingerprint density at radius 1 is 1.15 bits per heavy atom. The van der Waals surface area contributed by atoms with Crippen molar-refractivity contribution in [3.8, 4) is 11.5 Å². The standard InChI is InChI=1S/C25H22ClN3O3S2/c1-2-31-21-13-18(12-19(26)24(21)32-15-17-8-4-3-5-9-17)14-27-29-23(30)16-33-25-28-20-10-6-7-11-22(20)34-25/h3-14H,2,15-16H2,1H3,(H,29,30)/b27-14-. The Morgan fingerprint density at radius 2 is 1.94 bits per heavy atom. The Morgan fingerprint density at radius 3 is 2.74 bits per heavy atom. The highest BCUT2D eigenvalue weighted by Crippen LogP contribution is 2.37. The molecule has 34 heavy (non-hydrogen) atoms. The molecule has 6 nitrogen and oxygen atoms in total. The summed E-state index contributed by atoms with van der Waals surface area (Å²) in [5, 5.41) is 4.46. The summed E-state index contributed by atoms with van der Waals surface area (Å²) in [6.45, 7) is 2.72. The maximum absolute atomic E-state index is 12.2. The van der Waals surface area contributed by atoms with Crippen LogP contribution < -0.4 is 14.9 Å². The topological polar surface area (TPSA) is 72.8 Å². The van der Waals surface area contributed by atoms with E-state index in [0.29, 0.717) is 35.3 Å². The van der Waals surface area contributed by atoms with E-state index >= 15 is 0 Å². The minimum absolute atomic E-state index is 0.217. The summed E-state index contributed by atoms with van der Waals surface area (Å²) >= 11 is 9.41. The van der Waals surface area contributed by atoms with Gasteiger partial charge in [0.25, 0.3) is 5.91 Å². The number of hydrogen-bond donors (Lipinski definition) is 1. The van der Waals surface area contributed by atoms with Crippen molar-refractivity contribution in [3.63, 3.8) is 0 Å². The lowest BCUT2D eigenvalue weighted by Crippen LogP contribution is -2.19. The molecule has 0 saturated heterocycles. The van der Waals surface area contributed by atoms with Gasteiger partial charge >= 0.3 is 0 Å². The number of para-hydroxylation sites is 1. The molecule has 0 aliphatic carbocycles. The average molecular weight is 512 g/mol. The molecule has 0 aliphatic rings. The van der Waals surface area contributed by atoms with Crippen molar-refractivity contribution in [1.82, 2.24) is 10.4 Å².